The summed E-state index contributed by atoms with van der Waals surface area (Å²) in [6.07, 6.45) is 0. The van der Waals surface area contributed by atoms with Crippen molar-refractivity contribution < 1.29 is 19.1 Å². The van der Waals surface area contributed by atoms with E-state index in [1.807, 2.05) is 0 Å². The summed E-state index contributed by atoms with van der Waals surface area (Å²) < 4.78 is 10.1. The quantitative estimate of drug-likeness (QED) is 0.608. The van der Waals surface area contributed by atoms with Gasteiger partial charge in [0, 0.05) is 6.07 Å². The van der Waals surface area contributed by atoms with Gasteiger partial charge in [-0.3, -0.25) is 14.5 Å². The van der Waals surface area contributed by atoms with E-state index in [1.165, 1.54) is 17.0 Å². The molecule has 0 aliphatic carbocycles. The van der Waals surface area contributed by atoms with Gasteiger partial charge in [0.25, 0.3) is 5.91 Å². The first-order valence-electron chi connectivity index (χ1n) is 5.73. The van der Waals surface area contributed by atoms with Crippen LogP contribution >= 0.6 is 0 Å². The molecule has 1 aromatic carbocycles. The lowest BCUT2D eigenvalue weighted by molar-refractivity contribution is -0.142. The Hall–Kier alpha value is -2.62. The van der Waals surface area contributed by atoms with Gasteiger partial charge in [-0.15, -0.1) is 0 Å². The van der Waals surface area contributed by atoms with Crippen LogP contribution in [0, 0.1) is 5.39 Å². The van der Waals surface area contributed by atoms with Crippen molar-refractivity contribution in [3.8, 4) is 5.75 Å². The number of fused-ring (bicyclic) bond motifs is 1. The molecular weight excluding hydrogens is 250 g/mol. The van der Waals surface area contributed by atoms with Crippen LogP contribution in [0.1, 0.15) is 6.92 Å². The van der Waals surface area contributed by atoms with Crippen LogP contribution in [0.5, 0.6) is 5.75 Å². The third-order valence-corrected chi connectivity index (χ3v) is 2.59. The molecule has 0 bridgehead atoms. The molecule has 1 aromatic rings. The second kappa shape index (κ2) is 5.35. The van der Waals surface area contributed by atoms with E-state index in [9.17, 15) is 9.59 Å². The minimum atomic E-state index is -0.486. The number of hydrogen-bond acceptors (Lipinski definition) is 5. The van der Waals surface area contributed by atoms with Gasteiger partial charge in [-0.25, -0.2) is 0 Å². The predicted molar refractivity (Wildman–Crippen MR) is 65.7 cm³/mol. The minimum Gasteiger partial charge on any atom is -0.481 e. The van der Waals surface area contributed by atoms with E-state index in [0.29, 0.717) is 17.1 Å². The summed E-state index contributed by atoms with van der Waals surface area (Å²) in [6, 6.07) is 4.56. The molecule has 0 N–H and O–H groups in total. The normalized spacial score (nSPS) is 13.3. The highest BCUT2D eigenvalue weighted by Crippen LogP contribution is 2.35. The summed E-state index contributed by atoms with van der Waals surface area (Å²) in [4.78, 5) is 27.6. The van der Waals surface area contributed by atoms with Crippen molar-refractivity contribution in [3.63, 3.8) is 0 Å². The lowest BCUT2D eigenvalue weighted by Gasteiger charge is -2.27. The van der Waals surface area contributed by atoms with Crippen LogP contribution in [0.3, 0.4) is 0 Å². The zero-order chi connectivity index (χ0) is 13.8. The lowest BCUT2D eigenvalue weighted by Crippen LogP contribution is -2.42. The molecule has 1 amide bonds. The Morgan fingerprint density at radius 1 is 1.58 bits per heavy atom. The van der Waals surface area contributed by atoms with Gasteiger partial charge in [-0.05, 0) is 13.0 Å². The van der Waals surface area contributed by atoms with E-state index in [0.717, 1.165) is 0 Å². The molecule has 0 atom stereocenters. The highest BCUT2D eigenvalue weighted by Gasteiger charge is 2.29. The zero-order valence-corrected chi connectivity index (χ0v) is 10.3. The van der Waals surface area contributed by atoms with Gasteiger partial charge < -0.3 is 9.47 Å². The Kier molecular flexibility index (Phi) is 3.61. The number of nitrogens with zero attached hydrogens (tertiary/aromatic N) is 3. The van der Waals surface area contributed by atoms with E-state index in [4.69, 9.17) is 14.9 Å². The number of benzene rings is 1. The van der Waals surface area contributed by atoms with Crippen LogP contribution in [-0.2, 0) is 14.3 Å². The molecule has 0 saturated heterocycles. The second-order valence-electron chi connectivity index (χ2n) is 3.83. The summed E-state index contributed by atoms with van der Waals surface area (Å²) >= 11 is 0. The van der Waals surface area contributed by atoms with Crippen molar-refractivity contribution in [2.45, 2.75) is 6.92 Å². The van der Waals surface area contributed by atoms with Crippen LogP contribution in [0.15, 0.2) is 18.2 Å². The Labute approximate surface area is 109 Å². The minimum absolute atomic E-state index is 0.165. The Bertz CT molecular complexity index is 565. The largest absolute Gasteiger partial charge is 0.481 e. The van der Waals surface area contributed by atoms with Gasteiger partial charge in [0.15, 0.2) is 17.3 Å². The first kappa shape index (κ1) is 12.8. The fraction of sp³-hybridized carbons (Fsp3) is 0.333. The van der Waals surface area contributed by atoms with Gasteiger partial charge in [0.2, 0.25) is 5.39 Å². The average Bonchev–Trinajstić information content (AvgIpc) is 2.41. The fourth-order valence-electron chi connectivity index (χ4n) is 1.76. The number of ether oxygens (including phenoxy) is 2. The maximum Gasteiger partial charge on any atom is 0.388 e. The highest BCUT2D eigenvalue weighted by atomic mass is 16.5. The molecule has 2 rings (SSSR count). The lowest BCUT2D eigenvalue weighted by atomic mass is 10.2. The van der Waals surface area contributed by atoms with E-state index >= 15 is 0 Å². The molecule has 7 heteroatoms. The van der Waals surface area contributed by atoms with Crippen LogP contribution in [0.25, 0.3) is 4.98 Å². The van der Waals surface area contributed by atoms with Crippen LogP contribution in [0.4, 0.5) is 11.4 Å². The Morgan fingerprint density at radius 2 is 2.37 bits per heavy atom. The summed E-state index contributed by atoms with van der Waals surface area (Å²) in [7, 11) is 0. The molecule has 1 heterocycles. The Morgan fingerprint density at radius 3 is 3.05 bits per heavy atom. The third kappa shape index (κ3) is 2.63. The van der Waals surface area contributed by atoms with Crippen molar-refractivity contribution in [3.05, 3.63) is 23.2 Å². The van der Waals surface area contributed by atoms with Crippen LogP contribution < -0.4 is 9.64 Å². The highest BCUT2D eigenvalue weighted by molar-refractivity contribution is 6.01. The first-order valence-corrected chi connectivity index (χ1v) is 5.73. The molecule has 7 nitrogen and oxygen atoms in total. The molecule has 0 aromatic heterocycles. The number of esters is 1. The van der Waals surface area contributed by atoms with E-state index in [2.05, 4.69) is 4.98 Å². The molecule has 0 radical (unpaired) electrons. The van der Waals surface area contributed by atoms with Crippen molar-refractivity contribution in [1.82, 2.24) is 0 Å². The van der Waals surface area contributed by atoms with Gasteiger partial charge in [0.1, 0.15) is 6.54 Å². The zero-order valence-electron chi connectivity index (χ0n) is 10.3. The summed E-state index contributed by atoms with van der Waals surface area (Å²) in [6.45, 7) is 1.62. The number of carbonyl (C=O) groups is 2. The number of anilines is 1. The number of amides is 1. The van der Waals surface area contributed by atoms with Gasteiger partial charge in [-0.1, -0.05) is 0 Å². The molecule has 0 unspecified atom stereocenters. The molecule has 0 saturated carbocycles. The first-order chi connectivity index (χ1) is 9.15. The van der Waals surface area contributed by atoms with Crippen LogP contribution in [-0.4, -0.2) is 31.6 Å². The standard InChI is InChI=1S/C12H12N3O4/c1-2-18-12(17)6-15-9-4-3-8(14-13)5-10(9)19-7-11(15)16/h3-5H,2,6-7H2,1H3/q+1. The topological polar surface area (TPSA) is 84.0 Å². The predicted octanol–water partition coefficient (Wildman–Crippen LogP) is 1.46. The maximum atomic E-state index is 11.8. The summed E-state index contributed by atoms with van der Waals surface area (Å²) in [5.41, 5.74) is 0.765. The van der Waals surface area contributed by atoms with Crippen molar-refractivity contribution in [2.75, 3.05) is 24.7 Å². The maximum absolute atomic E-state index is 11.8. The summed E-state index contributed by atoms with van der Waals surface area (Å²) in [5.74, 6) is -0.423. The molecule has 1 aliphatic rings. The molecule has 1 aliphatic heterocycles. The smallest absolute Gasteiger partial charge is 0.388 e. The molecule has 98 valence electrons. The average molecular weight is 262 g/mol. The number of rotatable bonds is 3. The van der Waals surface area contributed by atoms with E-state index in [-0.39, 0.29) is 25.7 Å². The van der Waals surface area contributed by atoms with Gasteiger partial charge in [0.05, 0.1) is 18.4 Å². The van der Waals surface area contributed by atoms with E-state index < -0.39 is 5.97 Å². The van der Waals surface area contributed by atoms with Crippen LogP contribution in [0.2, 0.25) is 0 Å². The van der Waals surface area contributed by atoms with Gasteiger partial charge >= 0.3 is 11.7 Å². The number of hydrogen-bond donors (Lipinski definition) is 0. The molecular formula is C12H12N3O4+. The SMILES string of the molecule is CCOC(=O)CN1C(=O)COc2cc([N+]#N)ccc21. The number of diazo groups is 1. The molecule has 0 spiro atoms. The van der Waals surface area contributed by atoms with Crippen molar-refractivity contribution >= 4 is 23.3 Å². The molecule has 0 fully saturated rings. The molecule has 19 heavy (non-hydrogen) atoms. The van der Waals surface area contributed by atoms with E-state index in [1.54, 1.807) is 13.0 Å². The monoisotopic (exact) mass is 262 g/mol. The fourth-order valence-corrected chi connectivity index (χ4v) is 1.76. The second-order valence-corrected chi connectivity index (χ2v) is 3.83. The van der Waals surface area contributed by atoms with Crippen molar-refractivity contribution in [1.29, 1.82) is 5.39 Å². The Balaban J connectivity index is 2.28. The number of carbonyl (C=O) groups excluding carboxylic acids is 2. The summed E-state index contributed by atoms with van der Waals surface area (Å²) in [5, 5.41) is 8.69. The van der Waals surface area contributed by atoms with Crippen molar-refractivity contribution in [2.24, 2.45) is 0 Å². The van der Waals surface area contributed by atoms with Gasteiger partial charge in [-0.2, -0.15) is 0 Å². The third-order valence-electron chi connectivity index (χ3n) is 2.59.